The third-order valence-corrected chi connectivity index (χ3v) is 6.36. The number of hydrogen-bond donors (Lipinski definition) is 0. The number of aromatic nitrogens is 3. The molecular weight excluding hydrogens is 282 g/mol. The van der Waals surface area contributed by atoms with Crippen molar-refractivity contribution >= 4 is 0 Å². The largest absolute Gasteiger partial charge is 0.278 e. The van der Waals surface area contributed by atoms with E-state index in [2.05, 4.69) is 75.2 Å². The van der Waals surface area contributed by atoms with Crippen LogP contribution in [-0.2, 0) is 24.4 Å². The Labute approximate surface area is 140 Å². The Hall–Kier alpha value is -1.64. The van der Waals surface area contributed by atoms with Gasteiger partial charge in [-0.3, -0.25) is 0 Å². The van der Waals surface area contributed by atoms with Crippen molar-refractivity contribution in [1.29, 1.82) is 0 Å². The van der Waals surface area contributed by atoms with Crippen molar-refractivity contribution in [3.05, 3.63) is 35.7 Å². The molecule has 0 N–H and O–H groups in total. The zero-order valence-electron chi connectivity index (χ0n) is 15.5. The highest BCUT2D eigenvalue weighted by atomic mass is 15.4. The lowest BCUT2D eigenvalue weighted by atomic mass is 9.61. The normalized spacial score (nSPS) is 26.0. The van der Waals surface area contributed by atoms with E-state index in [-0.39, 0.29) is 11.0 Å². The Kier molecular flexibility index (Phi) is 3.86. The van der Waals surface area contributed by atoms with Crippen LogP contribution < -0.4 is 4.57 Å². The molecule has 1 aliphatic rings. The molecule has 23 heavy (non-hydrogen) atoms. The number of fused-ring (bicyclic) bond motifs is 3. The Morgan fingerprint density at radius 3 is 2.39 bits per heavy atom. The lowest BCUT2D eigenvalue weighted by Crippen LogP contribution is -2.68. The number of hydrogen-bond acceptors (Lipinski definition) is 1. The van der Waals surface area contributed by atoms with Gasteiger partial charge in [0.05, 0.1) is 18.2 Å². The van der Waals surface area contributed by atoms with E-state index in [0.29, 0.717) is 0 Å². The van der Waals surface area contributed by atoms with Gasteiger partial charge in [-0.05, 0) is 37.8 Å². The van der Waals surface area contributed by atoms with Crippen LogP contribution in [0.15, 0.2) is 24.3 Å². The van der Waals surface area contributed by atoms with Gasteiger partial charge in [-0.1, -0.05) is 45.9 Å². The third-order valence-electron chi connectivity index (χ3n) is 6.36. The summed E-state index contributed by atoms with van der Waals surface area (Å²) >= 11 is 0. The summed E-state index contributed by atoms with van der Waals surface area (Å²) in [5, 5.41) is 4.90. The van der Waals surface area contributed by atoms with E-state index in [0.717, 1.165) is 25.7 Å². The fraction of sp³-hybridized carbons (Fsp3) is 0.600. The highest BCUT2D eigenvalue weighted by molar-refractivity contribution is 5.62. The molecule has 3 rings (SSSR count). The summed E-state index contributed by atoms with van der Waals surface area (Å²) in [5.74, 6) is 2.49. The second-order valence-electron chi connectivity index (χ2n) is 7.31. The van der Waals surface area contributed by atoms with Crippen molar-refractivity contribution in [2.24, 2.45) is 7.05 Å². The van der Waals surface area contributed by atoms with Gasteiger partial charge in [0.1, 0.15) is 0 Å². The maximum Gasteiger partial charge on any atom is 0.278 e. The molecule has 1 aliphatic heterocycles. The molecule has 2 aromatic rings. The van der Waals surface area contributed by atoms with Crippen molar-refractivity contribution in [1.82, 2.24) is 9.78 Å². The molecule has 0 saturated carbocycles. The SMILES string of the molecule is CCCc1nn(C)c2[n+]1C(C)(CC)C(C)(CC)c1ccccc1-2. The first-order chi connectivity index (χ1) is 10.9. The first-order valence-corrected chi connectivity index (χ1v) is 9.02. The van der Waals surface area contributed by atoms with Crippen LogP contribution in [0.25, 0.3) is 11.4 Å². The predicted molar refractivity (Wildman–Crippen MR) is 94.4 cm³/mol. The average molecular weight is 312 g/mol. The minimum Gasteiger partial charge on any atom is -0.222 e. The molecule has 3 heteroatoms. The highest BCUT2D eigenvalue weighted by Crippen LogP contribution is 2.49. The zero-order valence-corrected chi connectivity index (χ0v) is 15.5. The first kappa shape index (κ1) is 16.2. The van der Waals surface area contributed by atoms with Crippen molar-refractivity contribution in [2.45, 2.75) is 71.3 Å². The van der Waals surface area contributed by atoms with E-state index < -0.39 is 0 Å². The Bertz CT molecular complexity index is 730. The summed E-state index contributed by atoms with van der Waals surface area (Å²) < 4.78 is 4.65. The Balaban J connectivity index is 2.43. The van der Waals surface area contributed by atoms with Gasteiger partial charge < -0.3 is 0 Å². The molecule has 0 aliphatic carbocycles. The molecule has 1 aromatic carbocycles. The summed E-state index contributed by atoms with van der Waals surface area (Å²) in [6.07, 6.45) is 4.39. The van der Waals surface area contributed by atoms with E-state index >= 15 is 0 Å². The molecule has 0 radical (unpaired) electrons. The van der Waals surface area contributed by atoms with Gasteiger partial charge in [-0.25, -0.2) is 4.57 Å². The minimum absolute atomic E-state index is 0.0458. The Morgan fingerprint density at radius 1 is 1.09 bits per heavy atom. The van der Waals surface area contributed by atoms with Crippen LogP contribution in [0.3, 0.4) is 0 Å². The molecule has 0 spiro atoms. The molecule has 0 bridgehead atoms. The molecule has 2 heterocycles. The fourth-order valence-corrected chi connectivity index (χ4v) is 4.55. The molecule has 3 nitrogen and oxygen atoms in total. The van der Waals surface area contributed by atoms with Gasteiger partial charge in [0.15, 0.2) is 0 Å². The number of rotatable bonds is 4. The van der Waals surface area contributed by atoms with Crippen LogP contribution in [0.4, 0.5) is 0 Å². The minimum atomic E-state index is 0.0458. The maximum atomic E-state index is 4.90. The molecule has 2 atom stereocenters. The molecule has 124 valence electrons. The van der Waals surface area contributed by atoms with Crippen LogP contribution in [0.5, 0.6) is 0 Å². The quantitative estimate of drug-likeness (QED) is 0.778. The summed E-state index contributed by atoms with van der Waals surface area (Å²) in [6, 6.07) is 8.92. The van der Waals surface area contributed by atoms with Crippen LogP contribution in [0, 0.1) is 0 Å². The summed E-state index contributed by atoms with van der Waals surface area (Å²) in [4.78, 5) is 0. The smallest absolute Gasteiger partial charge is 0.222 e. The van der Waals surface area contributed by atoms with Crippen LogP contribution in [-0.4, -0.2) is 9.78 Å². The molecular formula is C20H30N3+. The molecule has 0 fully saturated rings. The van der Waals surface area contributed by atoms with Crippen LogP contribution >= 0.6 is 0 Å². The second kappa shape index (κ2) is 5.47. The van der Waals surface area contributed by atoms with Gasteiger partial charge in [-0.15, -0.1) is 4.68 Å². The predicted octanol–water partition coefficient (Wildman–Crippen LogP) is 4.13. The van der Waals surface area contributed by atoms with Crippen molar-refractivity contribution in [3.63, 3.8) is 0 Å². The summed E-state index contributed by atoms with van der Waals surface area (Å²) in [6.45, 7) is 11.7. The number of benzene rings is 1. The molecule has 0 saturated heterocycles. The lowest BCUT2D eigenvalue weighted by Gasteiger charge is -2.48. The van der Waals surface area contributed by atoms with Gasteiger partial charge in [-0.2, -0.15) is 0 Å². The Morgan fingerprint density at radius 2 is 1.78 bits per heavy atom. The summed E-state index contributed by atoms with van der Waals surface area (Å²) in [7, 11) is 2.09. The average Bonchev–Trinajstić information content (AvgIpc) is 2.89. The van der Waals surface area contributed by atoms with E-state index in [1.54, 1.807) is 0 Å². The van der Waals surface area contributed by atoms with Crippen molar-refractivity contribution < 1.29 is 4.57 Å². The summed E-state index contributed by atoms with van der Waals surface area (Å²) in [5.41, 5.74) is 2.98. The van der Waals surface area contributed by atoms with E-state index in [1.807, 2.05) is 0 Å². The van der Waals surface area contributed by atoms with E-state index in [4.69, 9.17) is 5.10 Å². The lowest BCUT2D eigenvalue weighted by molar-refractivity contribution is -0.771. The number of aryl methyl sites for hydroxylation is 2. The standard InChI is InChI=1S/C20H30N3/c1-7-12-17-21-22(6)18-15-13-10-11-14-16(15)19(4,8-2)20(5,9-3)23(17)18/h10-11,13-14H,7-9,12H2,1-6H3/q+1. The van der Waals surface area contributed by atoms with Crippen molar-refractivity contribution in [2.75, 3.05) is 0 Å². The highest BCUT2D eigenvalue weighted by Gasteiger charge is 2.55. The first-order valence-electron chi connectivity index (χ1n) is 9.02. The second-order valence-corrected chi connectivity index (χ2v) is 7.31. The third kappa shape index (κ3) is 1.95. The fourth-order valence-electron chi connectivity index (χ4n) is 4.55. The van der Waals surface area contributed by atoms with Gasteiger partial charge in [0.25, 0.3) is 11.6 Å². The monoisotopic (exact) mass is 312 g/mol. The van der Waals surface area contributed by atoms with Gasteiger partial charge >= 0.3 is 0 Å². The zero-order chi connectivity index (χ0) is 16.8. The maximum absolute atomic E-state index is 4.90. The van der Waals surface area contributed by atoms with Crippen LogP contribution in [0.1, 0.15) is 65.3 Å². The molecule has 1 aromatic heterocycles. The van der Waals surface area contributed by atoms with E-state index in [1.165, 1.54) is 22.8 Å². The van der Waals surface area contributed by atoms with Crippen molar-refractivity contribution in [3.8, 4) is 11.4 Å². The topological polar surface area (TPSA) is 21.7 Å². The van der Waals surface area contributed by atoms with Gasteiger partial charge in [0.2, 0.25) is 0 Å². The van der Waals surface area contributed by atoms with Crippen LogP contribution in [0.2, 0.25) is 0 Å². The number of nitrogens with zero attached hydrogens (tertiary/aromatic N) is 3. The van der Waals surface area contributed by atoms with Gasteiger partial charge in [0, 0.05) is 16.9 Å². The van der Waals surface area contributed by atoms with E-state index in [9.17, 15) is 0 Å². The molecule has 0 amide bonds. The molecule has 2 unspecified atom stereocenters.